The second kappa shape index (κ2) is 10.2. The van der Waals surface area contributed by atoms with Gasteiger partial charge in [0.25, 0.3) is 0 Å². The topological polar surface area (TPSA) is 70.6 Å². The summed E-state index contributed by atoms with van der Waals surface area (Å²) in [6, 6.07) is 53.9. The Balaban J connectivity index is 1.45. The predicted molar refractivity (Wildman–Crippen MR) is 197 cm³/mol. The van der Waals surface area contributed by atoms with Gasteiger partial charge in [0, 0.05) is 27.2 Å². The second-order valence-corrected chi connectivity index (χ2v) is 12.3. The van der Waals surface area contributed by atoms with Gasteiger partial charge in [-0.25, -0.2) is 0 Å². The van der Waals surface area contributed by atoms with Crippen LogP contribution in [0.4, 0.5) is 0 Å². The van der Waals surface area contributed by atoms with Crippen molar-refractivity contribution < 1.29 is 4.42 Å². The average Bonchev–Trinajstić information content (AvgIpc) is 3.83. The largest absolute Gasteiger partial charge is 0.455 e. The van der Waals surface area contributed by atoms with Crippen LogP contribution >= 0.6 is 0 Å². The SMILES string of the molecule is N#Cc1cccc(-c2ccc(-n3c4ccccc4c4c5oc6ccccc6c5c5c(c6ccccc6n5-c5ccccc5)c43)c(C#N)c2)c1. The summed E-state index contributed by atoms with van der Waals surface area (Å²) in [5, 5.41) is 26.6. The van der Waals surface area contributed by atoms with Crippen molar-refractivity contribution in [2.45, 2.75) is 0 Å². The van der Waals surface area contributed by atoms with E-state index in [0.29, 0.717) is 11.1 Å². The minimum absolute atomic E-state index is 0.534. The van der Waals surface area contributed by atoms with Crippen LogP contribution in [-0.4, -0.2) is 9.13 Å². The van der Waals surface area contributed by atoms with Gasteiger partial charge < -0.3 is 13.6 Å². The van der Waals surface area contributed by atoms with Crippen molar-refractivity contribution in [2.75, 3.05) is 0 Å². The fourth-order valence-corrected chi connectivity index (χ4v) is 7.74. The van der Waals surface area contributed by atoms with Crippen molar-refractivity contribution in [1.82, 2.24) is 9.13 Å². The number of rotatable bonds is 3. The van der Waals surface area contributed by atoms with E-state index in [1.54, 1.807) is 6.07 Å². The van der Waals surface area contributed by atoms with E-state index >= 15 is 0 Å². The van der Waals surface area contributed by atoms with Crippen molar-refractivity contribution in [3.05, 3.63) is 157 Å². The molecule has 0 aliphatic rings. The van der Waals surface area contributed by atoms with Gasteiger partial charge in [-0.1, -0.05) is 91.0 Å². The van der Waals surface area contributed by atoms with E-state index in [1.165, 1.54) is 0 Å². The number of hydrogen-bond acceptors (Lipinski definition) is 3. The second-order valence-electron chi connectivity index (χ2n) is 12.3. The lowest BCUT2D eigenvalue weighted by Gasteiger charge is -2.13. The number of hydrogen-bond donors (Lipinski definition) is 0. The molecule has 49 heavy (non-hydrogen) atoms. The molecule has 3 heterocycles. The third-order valence-electron chi connectivity index (χ3n) is 9.74. The number of nitrogens with zero attached hydrogens (tertiary/aromatic N) is 4. The predicted octanol–water partition coefficient (Wildman–Crippen LogP) is 11.2. The van der Waals surface area contributed by atoms with Gasteiger partial charge in [-0.05, 0) is 65.7 Å². The normalized spacial score (nSPS) is 11.6. The molecule has 0 saturated heterocycles. The van der Waals surface area contributed by atoms with Crippen molar-refractivity contribution in [3.63, 3.8) is 0 Å². The lowest BCUT2D eigenvalue weighted by atomic mass is 10.00. The van der Waals surface area contributed by atoms with Crippen LogP contribution in [0.1, 0.15) is 11.1 Å². The summed E-state index contributed by atoms with van der Waals surface area (Å²) in [5.41, 5.74) is 10.5. The van der Waals surface area contributed by atoms with Crippen molar-refractivity contribution in [2.24, 2.45) is 0 Å². The van der Waals surface area contributed by atoms with Gasteiger partial charge in [-0.15, -0.1) is 0 Å². The van der Waals surface area contributed by atoms with Crippen molar-refractivity contribution >= 4 is 65.6 Å². The molecule has 0 unspecified atom stereocenters. The Hall–Kier alpha value is -7.08. The first kappa shape index (κ1) is 27.1. The van der Waals surface area contributed by atoms with E-state index in [9.17, 15) is 10.5 Å². The van der Waals surface area contributed by atoms with E-state index in [0.717, 1.165) is 88.1 Å². The molecule has 7 aromatic carbocycles. The summed E-state index contributed by atoms with van der Waals surface area (Å²) in [6.45, 7) is 0. The van der Waals surface area contributed by atoms with Gasteiger partial charge in [0.05, 0.1) is 55.7 Å². The number of para-hydroxylation sites is 4. The molecule has 10 rings (SSSR count). The van der Waals surface area contributed by atoms with Crippen LogP contribution in [0.25, 0.3) is 88.1 Å². The van der Waals surface area contributed by atoms with Gasteiger partial charge in [0.1, 0.15) is 17.2 Å². The molecule has 0 aliphatic carbocycles. The molecular formula is C44H24N4O. The standard InChI is InChI=1S/C44H24N4O/c45-25-27-11-10-12-28(23-27)29-21-22-35(30(24-29)26-46)48-37-19-8-5-16-33(37)40-43(48)39-32-15-4-7-18-36(32)47(31-13-2-1-3-14-31)42(39)41-34-17-6-9-20-38(34)49-44(40)41/h1-24H. The molecule has 3 aromatic heterocycles. The lowest BCUT2D eigenvalue weighted by Crippen LogP contribution is -1.99. The molecule has 0 fully saturated rings. The molecule has 226 valence electrons. The van der Waals surface area contributed by atoms with Crippen LogP contribution in [0, 0.1) is 22.7 Å². The fraction of sp³-hybridized carbons (Fsp3) is 0. The maximum absolute atomic E-state index is 10.7. The number of fused-ring (bicyclic) bond motifs is 12. The Kier molecular flexibility index (Phi) is 5.64. The lowest BCUT2D eigenvalue weighted by molar-refractivity contribution is 0.673. The average molecular weight is 625 g/mol. The molecule has 10 aromatic rings. The van der Waals surface area contributed by atoms with Gasteiger partial charge in [-0.2, -0.15) is 10.5 Å². The van der Waals surface area contributed by atoms with E-state index < -0.39 is 0 Å². The Morgan fingerprint density at radius 2 is 1.12 bits per heavy atom. The molecule has 0 radical (unpaired) electrons. The molecule has 0 bridgehead atoms. The molecule has 0 N–H and O–H groups in total. The minimum Gasteiger partial charge on any atom is -0.455 e. The molecule has 5 nitrogen and oxygen atoms in total. The van der Waals surface area contributed by atoms with Gasteiger partial charge in [0.2, 0.25) is 0 Å². The van der Waals surface area contributed by atoms with Crippen LogP contribution in [0.15, 0.2) is 150 Å². The summed E-state index contributed by atoms with van der Waals surface area (Å²) in [4.78, 5) is 0. The highest BCUT2D eigenvalue weighted by Crippen LogP contribution is 2.49. The van der Waals surface area contributed by atoms with E-state index in [4.69, 9.17) is 4.42 Å². The number of furan rings is 1. The van der Waals surface area contributed by atoms with Crippen LogP contribution in [0.5, 0.6) is 0 Å². The zero-order chi connectivity index (χ0) is 32.6. The molecule has 0 spiro atoms. The van der Waals surface area contributed by atoms with Crippen LogP contribution in [0.2, 0.25) is 0 Å². The quantitative estimate of drug-likeness (QED) is 0.196. The Morgan fingerprint density at radius 1 is 0.490 bits per heavy atom. The molecule has 0 aliphatic heterocycles. The summed E-state index contributed by atoms with van der Waals surface area (Å²) in [6.07, 6.45) is 0. The molecule has 0 atom stereocenters. The number of aromatic nitrogens is 2. The monoisotopic (exact) mass is 624 g/mol. The van der Waals surface area contributed by atoms with E-state index in [1.807, 2.05) is 60.7 Å². The van der Waals surface area contributed by atoms with Crippen molar-refractivity contribution in [3.8, 4) is 34.6 Å². The highest BCUT2D eigenvalue weighted by molar-refractivity contribution is 6.39. The summed E-state index contributed by atoms with van der Waals surface area (Å²) in [5.74, 6) is 0. The molecular weight excluding hydrogens is 601 g/mol. The van der Waals surface area contributed by atoms with Crippen molar-refractivity contribution in [1.29, 1.82) is 10.5 Å². The maximum Gasteiger partial charge on any atom is 0.147 e. The molecule has 5 heteroatoms. The summed E-state index contributed by atoms with van der Waals surface area (Å²) in [7, 11) is 0. The Labute approximate surface area is 280 Å². The van der Waals surface area contributed by atoms with E-state index in [-0.39, 0.29) is 0 Å². The summed E-state index contributed by atoms with van der Waals surface area (Å²) < 4.78 is 11.5. The Morgan fingerprint density at radius 3 is 1.90 bits per heavy atom. The third kappa shape index (κ3) is 3.73. The maximum atomic E-state index is 10.7. The smallest absolute Gasteiger partial charge is 0.147 e. The molecule has 0 amide bonds. The number of nitriles is 2. The van der Waals surface area contributed by atoms with Crippen LogP contribution in [-0.2, 0) is 0 Å². The first-order valence-electron chi connectivity index (χ1n) is 16.1. The van der Waals surface area contributed by atoms with Crippen LogP contribution in [0.3, 0.4) is 0 Å². The summed E-state index contributed by atoms with van der Waals surface area (Å²) >= 11 is 0. The van der Waals surface area contributed by atoms with Crippen LogP contribution < -0.4 is 0 Å². The zero-order valence-corrected chi connectivity index (χ0v) is 26.1. The first-order valence-corrected chi connectivity index (χ1v) is 16.1. The third-order valence-corrected chi connectivity index (χ3v) is 9.74. The van der Waals surface area contributed by atoms with E-state index in [2.05, 4.69) is 100 Å². The Bertz CT molecular complexity index is 3070. The highest BCUT2D eigenvalue weighted by atomic mass is 16.3. The van der Waals surface area contributed by atoms with Gasteiger partial charge in [-0.3, -0.25) is 0 Å². The fourth-order valence-electron chi connectivity index (χ4n) is 7.74. The zero-order valence-electron chi connectivity index (χ0n) is 26.1. The first-order chi connectivity index (χ1) is 24.2. The number of benzene rings is 7. The van der Waals surface area contributed by atoms with Gasteiger partial charge in [0.15, 0.2) is 0 Å². The minimum atomic E-state index is 0.534. The highest BCUT2D eigenvalue weighted by Gasteiger charge is 2.28. The van der Waals surface area contributed by atoms with Gasteiger partial charge >= 0.3 is 0 Å². The molecule has 0 saturated carbocycles.